The minimum atomic E-state index is -4.45. The lowest BCUT2D eigenvalue weighted by Crippen LogP contribution is -2.25. The SMILES string of the molecule is CC(C)(C)C1CCCc2c(C(F)(F)F)nn(-c3nc4ccccc4s3)c21. The summed E-state index contributed by atoms with van der Waals surface area (Å²) in [5.41, 5.74) is 0.930. The molecule has 0 aliphatic heterocycles. The fraction of sp³-hybridized carbons (Fsp3) is 0.474. The molecule has 1 aliphatic rings. The number of hydrogen-bond acceptors (Lipinski definition) is 3. The minimum absolute atomic E-state index is 0.0156. The fourth-order valence-electron chi connectivity index (χ4n) is 3.85. The van der Waals surface area contributed by atoms with E-state index in [0.29, 0.717) is 22.8 Å². The number of alkyl halides is 3. The van der Waals surface area contributed by atoms with E-state index in [1.54, 1.807) is 0 Å². The van der Waals surface area contributed by atoms with Crippen molar-refractivity contribution in [3.05, 3.63) is 41.2 Å². The molecule has 3 nitrogen and oxygen atoms in total. The first-order chi connectivity index (χ1) is 12.2. The second-order valence-electron chi connectivity index (χ2n) is 7.90. The van der Waals surface area contributed by atoms with Crippen molar-refractivity contribution in [2.45, 2.75) is 52.1 Å². The van der Waals surface area contributed by atoms with Gasteiger partial charge in [-0.3, -0.25) is 0 Å². The molecule has 0 fully saturated rings. The zero-order valence-corrected chi connectivity index (χ0v) is 15.7. The van der Waals surface area contributed by atoms with Gasteiger partial charge in [-0.1, -0.05) is 44.2 Å². The third-order valence-electron chi connectivity index (χ3n) is 5.05. The molecule has 0 spiro atoms. The van der Waals surface area contributed by atoms with E-state index in [0.717, 1.165) is 23.1 Å². The second kappa shape index (κ2) is 5.81. The molecule has 1 aliphatic carbocycles. The van der Waals surface area contributed by atoms with Crippen molar-refractivity contribution >= 4 is 21.6 Å². The molecule has 138 valence electrons. The van der Waals surface area contributed by atoms with Crippen LogP contribution in [0.25, 0.3) is 15.3 Å². The van der Waals surface area contributed by atoms with Gasteiger partial charge in [0.05, 0.1) is 15.9 Å². The van der Waals surface area contributed by atoms with Crippen LogP contribution < -0.4 is 0 Å². The van der Waals surface area contributed by atoms with Gasteiger partial charge in [0.25, 0.3) is 0 Å². The lowest BCUT2D eigenvalue weighted by Gasteiger charge is -2.34. The van der Waals surface area contributed by atoms with Gasteiger partial charge in [0.2, 0.25) is 5.13 Å². The number of para-hydroxylation sites is 1. The molecular formula is C19H20F3N3S. The summed E-state index contributed by atoms with van der Waals surface area (Å²) < 4.78 is 43.3. The first kappa shape index (κ1) is 17.5. The summed E-state index contributed by atoms with van der Waals surface area (Å²) in [4.78, 5) is 4.55. The summed E-state index contributed by atoms with van der Waals surface area (Å²) in [7, 11) is 0. The number of rotatable bonds is 1. The molecule has 2 aromatic heterocycles. The predicted octanol–water partition coefficient (Wildman–Crippen LogP) is 5.97. The Labute approximate surface area is 153 Å². The van der Waals surface area contributed by atoms with Gasteiger partial charge < -0.3 is 0 Å². The summed E-state index contributed by atoms with van der Waals surface area (Å²) in [6.45, 7) is 6.24. The highest BCUT2D eigenvalue weighted by Gasteiger charge is 2.44. The zero-order chi connectivity index (χ0) is 18.7. The molecule has 0 saturated heterocycles. The number of aromatic nitrogens is 3. The maximum absolute atomic E-state index is 13.6. The maximum atomic E-state index is 13.6. The van der Waals surface area contributed by atoms with E-state index in [4.69, 9.17) is 0 Å². The quantitative estimate of drug-likeness (QED) is 0.522. The van der Waals surface area contributed by atoms with Crippen LogP contribution in [0.2, 0.25) is 0 Å². The zero-order valence-electron chi connectivity index (χ0n) is 14.9. The first-order valence-electron chi connectivity index (χ1n) is 8.71. The monoisotopic (exact) mass is 379 g/mol. The van der Waals surface area contributed by atoms with E-state index >= 15 is 0 Å². The Morgan fingerprint density at radius 2 is 1.88 bits per heavy atom. The molecule has 1 atom stereocenters. The molecule has 4 rings (SSSR count). The number of thiazole rings is 1. The van der Waals surface area contributed by atoms with E-state index < -0.39 is 11.9 Å². The number of halogens is 3. The highest BCUT2D eigenvalue weighted by Crippen LogP contribution is 2.47. The fourth-order valence-corrected chi connectivity index (χ4v) is 4.79. The van der Waals surface area contributed by atoms with Gasteiger partial charge in [0.15, 0.2) is 5.69 Å². The molecule has 7 heteroatoms. The van der Waals surface area contributed by atoms with E-state index in [2.05, 4.69) is 30.9 Å². The highest BCUT2D eigenvalue weighted by atomic mass is 32.1. The highest BCUT2D eigenvalue weighted by molar-refractivity contribution is 7.20. The summed E-state index contributed by atoms with van der Waals surface area (Å²) >= 11 is 1.38. The molecule has 1 aromatic carbocycles. The Hall–Kier alpha value is -1.89. The predicted molar refractivity (Wildman–Crippen MR) is 96.9 cm³/mol. The first-order valence-corrected chi connectivity index (χ1v) is 9.53. The summed E-state index contributed by atoms with van der Waals surface area (Å²) in [6.07, 6.45) is -2.42. The summed E-state index contributed by atoms with van der Waals surface area (Å²) in [6, 6.07) is 7.58. The van der Waals surface area contributed by atoms with E-state index in [9.17, 15) is 13.2 Å². The average Bonchev–Trinajstić information content (AvgIpc) is 3.14. The molecular weight excluding hydrogens is 359 g/mol. The van der Waals surface area contributed by atoms with Crippen LogP contribution in [-0.2, 0) is 12.6 Å². The van der Waals surface area contributed by atoms with Gasteiger partial charge >= 0.3 is 6.18 Å². The molecule has 3 aromatic rings. The van der Waals surface area contributed by atoms with Gasteiger partial charge in [-0.25, -0.2) is 9.67 Å². The van der Waals surface area contributed by atoms with Crippen molar-refractivity contribution in [1.29, 1.82) is 0 Å². The van der Waals surface area contributed by atoms with Crippen LogP contribution >= 0.6 is 11.3 Å². The molecule has 0 saturated carbocycles. The molecule has 2 heterocycles. The van der Waals surface area contributed by atoms with Gasteiger partial charge in [-0.2, -0.15) is 18.3 Å². The number of benzene rings is 1. The van der Waals surface area contributed by atoms with Gasteiger partial charge in [0, 0.05) is 11.5 Å². The third kappa shape index (κ3) is 2.82. The van der Waals surface area contributed by atoms with Crippen LogP contribution in [0.3, 0.4) is 0 Å². The molecule has 1 unspecified atom stereocenters. The molecule has 0 radical (unpaired) electrons. The largest absolute Gasteiger partial charge is 0.435 e. The van der Waals surface area contributed by atoms with Gasteiger partial charge in [-0.05, 0) is 36.8 Å². The number of hydrogen-bond donors (Lipinski definition) is 0. The smallest absolute Gasteiger partial charge is 0.218 e. The Morgan fingerprint density at radius 1 is 1.15 bits per heavy atom. The van der Waals surface area contributed by atoms with Crippen LogP contribution in [0, 0.1) is 5.41 Å². The van der Waals surface area contributed by atoms with E-state index in [1.807, 2.05) is 24.3 Å². The average molecular weight is 379 g/mol. The van der Waals surface area contributed by atoms with Crippen LogP contribution in [0.15, 0.2) is 24.3 Å². The van der Waals surface area contributed by atoms with Crippen LogP contribution in [0.5, 0.6) is 0 Å². The topological polar surface area (TPSA) is 30.7 Å². The Bertz CT molecular complexity index is 930. The van der Waals surface area contributed by atoms with Crippen molar-refractivity contribution in [2.24, 2.45) is 5.41 Å². The third-order valence-corrected chi connectivity index (χ3v) is 6.06. The van der Waals surface area contributed by atoms with Crippen molar-refractivity contribution in [1.82, 2.24) is 14.8 Å². The van der Waals surface area contributed by atoms with Gasteiger partial charge in [-0.15, -0.1) is 0 Å². The van der Waals surface area contributed by atoms with Crippen LogP contribution in [0.1, 0.15) is 56.5 Å². The van der Waals surface area contributed by atoms with Crippen molar-refractivity contribution in [2.75, 3.05) is 0 Å². The Kier molecular flexibility index (Phi) is 3.91. The van der Waals surface area contributed by atoms with Crippen molar-refractivity contribution < 1.29 is 13.2 Å². The van der Waals surface area contributed by atoms with Crippen molar-refractivity contribution in [3.63, 3.8) is 0 Å². The normalized spacial score (nSPS) is 18.3. The number of nitrogens with zero attached hydrogens (tertiary/aromatic N) is 3. The summed E-state index contributed by atoms with van der Waals surface area (Å²) in [5, 5.41) is 4.54. The molecule has 0 bridgehead atoms. The lowest BCUT2D eigenvalue weighted by atomic mass is 9.71. The summed E-state index contributed by atoms with van der Waals surface area (Å²) in [5.74, 6) is 0.0156. The van der Waals surface area contributed by atoms with E-state index in [-0.39, 0.29) is 11.3 Å². The molecule has 0 amide bonds. The molecule has 26 heavy (non-hydrogen) atoms. The standard InChI is InChI=1S/C19H20F3N3S/c1-18(2,3)12-8-6-7-11-15(12)25(24-16(11)19(20,21)22)17-23-13-9-4-5-10-14(13)26-17/h4-5,9-10,12H,6-8H2,1-3H3. The second-order valence-corrected chi connectivity index (χ2v) is 8.91. The van der Waals surface area contributed by atoms with Crippen LogP contribution in [-0.4, -0.2) is 14.8 Å². The molecule has 0 N–H and O–H groups in total. The number of fused-ring (bicyclic) bond motifs is 2. The van der Waals surface area contributed by atoms with Crippen molar-refractivity contribution in [3.8, 4) is 5.13 Å². The van der Waals surface area contributed by atoms with E-state index in [1.165, 1.54) is 16.0 Å². The van der Waals surface area contributed by atoms with Crippen LogP contribution in [0.4, 0.5) is 13.2 Å². The minimum Gasteiger partial charge on any atom is -0.218 e. The Morgan fingerprint density at radius 3 is 2.54 bits per heavy atom. The van der Waals surface area contributed by atoms with Gasteiger partial charge in [0.1, 0.15) is 0 Å². The lowest BCUT2D eigenvalue weighted by molar-refractivity contribution is -0.142. The maximum Gasteiger partial charge on any atom is 0.435 e. The Balaban J connectivity index is 1.98.